The molecule has 2 aromatic carbocycles. The Bertz CT molecular complexity index is 1240. The number of rotatable bonds is 5. The molecule has 2 aliphatic heterocycles. The van der Waals surface area contributed by atoms with Gasteiger partial charge in [-0.3, -0.25) is 4.36 Å². The van der Waals surface area contributed by atoms with Gasteiger partial charge in [0.05, 0.1) is 11.6 Å². The number of fused-ring (bicyclic) bond motifs is 2. The first kappa shape index (κ1) is 21.9. The molecule has 8 heteroatoms. The number of halogens is 1. The molecule has 1 aliphatic carbocycles. The van der Waals surface area contributed by atoms with E-state index in [-0.39, 0.29) is 16.7 Å². The Balaban J connectivity index is 1.33. The molecule has 0 amide bonds. The van der Waals surface area contributed by atoms with Crippen molar-refractivity contribution in [2.75, 3.05) is 35.6 Å². The molecule has 178 valence electrons. The highest BCUT2D eigenvalue weighted by Crippen LogP contribution is 2.31. The molecule has 3 aliphatic rings. The van der Waals surface area contributed by atoms with Crippen LogP contribution >= 0.6 is 0 Å². The fourth-order valence-electron chi connectivity index (χ4n) is 4.75. The number of benzene rings is 2. The Labute approximate surface area is 202 Å². The minimum atomic E-state index is -0.765. The molecule has 1 saturated carbocycles. The van der Waals surface area contributed by atoms with Crippen molar-refractivity contribution >= 4 is 33.4 Å². The van der Waals surface area contributed by atoms with Crippen molar-refractivity contribution in [2.45, 2.75) is 55.9 Å². The van der Waals surface area contributed by atoms with Gasteiger partial charge in [0, 0.05) is 48.3 Å². The Morgan fingerprint density at radius 1 is 1.21 bits per heavy atom. The van der Waals surface area contributed by atoms with Gasteiger partial charge in [-0.2, -0.15) is 4.98 Å². The van der Waals surface area contributed by atoms with Gasteiger partial charge < -0.3 is 15.5 Å². The zero-order valence-corrected chi connectivity index (χ0v) is 20.3. The Hall–Kier alpha value is -2.58. The largest absolute Gasteiger partial charge is 0.368 e. The van der Waals surface area contributed by atoms with Gasteiger partial charge in [0.1, 0.15) is 12.0 Å². The maximum Gasteiger partial charge on any atom is 0.228 e. The molecule has 34 heavy (non-hydrogen) atoms. The third-order valence-electron chi connectivity index (χ3n) is 6.77. The zero-order valence-electron chi connectivity index (χ0n) is 19.5. The molecule has 1 saturated heterocycles. The maximum absolute atomic E-state index is 13.7. The lowest BCUT2D eigenvalue weighted by atomic mass is 10.1. The second kappa shape index (κ2) is 9.23. The lowest BCUT2D eigenvalue weighted by molar-refractivity contribution is 0.356. The first-order chi connectivity index (χ1) is 16.6. The van der Waals surface area contributed by atoms with Crippen LogP contribution in [0.25, 0.3) is 10.9 Å². The summed E-state index contributed by atoms with van der Waals surface area (Å²) < 4.78 is 18.8. The van der Waals surface area contributed by atoms with E-state index in [4.69, 9.17) is 14.3 Å². The maximum atomic E-state index is 13.7. The number of hydrogen-bond donors (Lipinski definition) is 2. The van der Waals surface area contributed by atoms with Gasteiger partial charge in [-0.05, 0) is 49.9 Å². The molecule has 6 nitrogen and oxygen atoms in total. The second-order valence-electron chi connectivity index (χ2n) is 9.65. The van der Waals surface area contributed by atoms with Crippen LogP contribution in [0, 0.1) is 6.92 Å². The van der Waals surface area contributed by atoms with E-state index < -0.39 is 6.17 Å². The van der Waals surface area contributed by atoms with Gasteiger partial charge in [0.25, 0.3) is 0 Å². The molecule has 3 heterocycles. The number of alkyl halides is 1. The molecule has 0 bridgehead atoms. The molecule has 6 rings (SSSR count). The average molecular weight is 479 g/mol. The highest BCUT2D eigenvalue weighted by atomic mass is 32.2. The van der Waals surface area contributed by atoms with E-state index in [1.807, 2.05) is 0 Å². The predicted octanol–water partition coefficient (Wildman–Crippen LogP) is 4.39. The van der Waals surface area contributed by atoms with Crippen molar-refractivity contribution in [2.24, 2.45) is 4.36 Å². The number of nitrogens with zero attached hydrogens (tertiary/aromatic N) is 4. The van der Waals surface area contributed by atoms with E-state index in [1.165, 1.54) is 28.9 Å². The number of anilines is 2. The van der Waals surface area contributed by atoms with Crippen molar-refractivity contribution in [3.8, 4) is 0 Å². The first-order valence-corrected chi connectivity index (χ1v) is 13.6. The molecule has 1 unspecified atom stereocenters. The van der Waals surface area contributed by atoms with Gasteiger partial charge >= 0.3 is 0 Å². The van der Waals surface area contributed by atoms with Gasteiger partial charge in [0.2, 0.25) is 5.95 Å². The van der Waals surface area contributed by atoms with Crippen molar-refractivity contribution in [3.05, 3.63) is 53.6 Å². The number of aromatic nitrogens is 2. The molecule has 0 radical (unpaired) electrons. The highest BCUT2D eigenvalue weighted by Gasteiger charge is 2.26. The summed E-state index contributed by atoms with van der Waals surface area (Å²) in [6.07, 6.45) is 2.24. The first-order valence-electron chi connectivity index (χ1n) is 12.3. The standard InChI is InChI=1S/C26H31FN6S/c1-17-6-9-23-22(12-17)25(29-15-21-13-19(27)14-28-21)31-26(30-23)33-10-11-34(32-20-7-8-20)24-5-3-2-4-18(24)16-33/h2-6,9,12,19-21,28H,7-8,10-11,13-16H2,1H3,(H,29,30,31)/t19-,21+,34?/m1/s1. The van der Waals surface area contributed by atoms with Crippen LogP contribution in [0.3, 0.4) is 0 Å². The summed E-state index contributed by atoms with van der Waals surface area (Å²) >= 11 is 0. The zero-order chi connectivity index (χ0) is 23.1. The molecule has 2 fully saturated rings. The van der Waals surface area contributed by atoms with Crippen molar-refractivity contribution in [1.29, 1.82) is 0 Å². The summed E-state index contributed by atoms with van der Waals surface area (Å²) in [4.78, 5) is 13.7. The van der Waals surface area contributed by atoms with Gasteiger partial charge in [-0.25, -0.2) is 9.37 Å². The predicted molar refractivity (Wildman–Crippen MR) is 138 cm³/mol. The molecule has 0 spiro atoms. The minimum Gasteiger partial charge on any atom is -0.368 e. The quantitative estimate of drug-likeness (QED) is 0.569. The van der Waals surface area contributed by atoms with Crippen LogP contribution in [0.15, 0.2) is 51.7 Å². The summed E-state index contributed by atoms with van der Waals surface area (Å²) in [5.74, 6) is 2.57. The molecule has 3 aromatic rings. The molecule has 2 N–H and O–H groups in total. The topological polar surface area (TPSA) is 65.4 Å². The van der Waals surface area contributed by atoms with Gasteiger partial charge in [0.15, 0.2) is 0 Å². The van der Waals surface area contributed by atoms with Crippen molar-refractivity contribution in [1.82, 2.24) is 15.3 Å². The smallest absolute Gasteiger partial charge is 0.228 e. The number of nitrogens with one attached hydrogen (secondary N) is 2. The summed E-state index contributed by atoms with van der Waals surface area (Å²) in [7, 11) is -0.0748. The lowest BCUT2D eigenvalue weighted by Crippen LogP contribution is -2.30. The van der Waals surface area contributed by atoms with Gasteiger partial charge in [-0.1, -0.05) is 40.5 Å². The molecule has 3 atom stereocenters. The highest BCUT2D eigenvalue weighted by molar-refractivity contribution is 7.87. The normalized spacial score (nSPS) is 24.9. The minimum absolute atomic E-state index is 0.0748. The third-order valence-corrected chi connectivity index (χ3v) is 8.80. The summed E-state index contributed by atoms with van der Waals surface area (Å²) in [6.45, 7) is 4.82. The van der Waals surface area contributed by atoms with Crippen LogP contribution in [0.4, 0.5) is 16.2 Å². The Morgan fingerprint density at radius 3 is 2.91 bits per heavy atom. The SMILES string of the molecule is Cc1ccc2nc(N3CCS(=NC4CC4)c4ccccc4C3)nc(NC[C@@H]3C[C@@H](F)CN3)c2c1. The van der Waals surface area contributed by atoms with E-state index in [2.05, 4.69) is 64.9 Å². The fraction of sp³-hybridized carbons (Fsp3) is 0.462. The second-order valence-corrected chi connectivity index (χ2v) is 11.4. The number of hydrogen-bond acceptors (Lipinski definition) is 6. The van der Waals surface area contributed by atoms with E-state index in [0.29, 0.717) is 25.6 Å². The monoisotopic (exact) mass is 478 g/mol. The number of aryl methyl sites for hydroxylation is 1. The van der Waals surface area contributed by atoms with E-state index in [1.54, 1.807) is 0 Å². The molecular weight excluding hydrogens is 447 g/mol. The van der Waals surface area contributed by atoms with Crippen LogP contribution in [-0.4, -0.2) is 53.6 Å². The average Bonchev–Trinajstić information content (AvgIpc) is 3.60. The summed E-state index contributed by atoms with van der Waals surface area (Å²) in [6, 6.07) is 15.7. The fourth-order valence-corrected chi connectivity index (χ4v) is 6.82. The van der Waals surface area contributed by atoms with Crippen molar-refractivity contribution in [3.63, 3.8) is 0 Å². The van der Waals surface area contributed by atoms with Crippen LogP contribution in [0.1, 0.15) is 30.4 Å². The summed E-state index contributed by atoms with van der Waals surface area (Å²) in [5.41, 5.74) is 3.42. The molecule has 1 aromatic heterocycles. The van der Waals surface area contributed by atoms with Crippen LogP contribution in [0.2, 0.25) is 0 Å². The van der Waals surface area contributed by atoms with Crippen LogP contribution < -0.4 is 15.5 Å². The Kier molecular flexibility index (Phi) is 5.95. The van der Waals surface area contributed by atoms with Crippen molar-refractivity contribution < 1.29 is 4.39 Å². The van der Waals surface area contributed by atoms with Crippen LogP contribution in [0.5, 0.6) is 0 Å². The van der Waals surface area contributed by atoms with E-state index in [0.717, 1.165) is 41.5 Å². The molecular formula is C26H31FN6S. The van der Waals surface area contributed by atoms with Crippen LogP contribution in [-0.2, 0) is 17.2 Å². The van der Waals surface area contributed by atoms with E-state index in [9.17, 15) is 4.39 Å². The summed E-state index contributed by atoms with van der Waals surface area (Å²) in [5, 5.41) is 7.78. The van der Waals surface area contributed by atoms with E-state index >= 15 is 0 Å². The lowest BCUT2D eigenvalue weighted by Gasteiger charge is -2.22. The Morgan fingerprint density at radius 2 is 2.09 bits per heavy atom. The third kappa shape index (κ3) is 4.66. The van der Waals surface area contributed by atoms with Gasteiger partial charge in [-0.15, -0.1) is 0 Å².